The third-order valence-corrected chi connectivity index (χ3v) is 7.61. The number of benzene rings is 4. The number of carbonyl (C=O) groups is 3. The summed E-state index contributed by atoms with van der Waals surface area (Å²) in [4.78, 5) is 42.9. The molecule has 5 aromatic rings. The number of ether oxygens (including phenoxy) is 1. The minimum absolute atomic E-state index is 0.0881. The average molecular weight is 611 g/mol. The lowest BCUT2D eigenvalue weighted by Gasteiger charge is -2.12. The first kappa shape index (κ1) is 29.5. The number of thioether (sulfide) groups is 1. The van der Waals surface area contributed by atoms with Crippen molar-refractivity contribution in [2.24, 2.45) is 0 Å². The minimum atomic E-state index is -0.482. The van der Waals surface area contributed by atoms with Gasteiger partial charge in [-0.3, -0.25) is 14.4 Å². The highest BCUT2D eigenvalue weighted by molar-refractivity contribution is 8.00. The summed E-state index contributed by atoms with van der Waals surface area (Å²) in [6.45, 7) is 0. The zero-order valence-corrected chi connectivity index (χ0v) is 24.6. The van der Waals surface area contributed by atoms with Crippen molar-refractivity contribution in [1.29, 1.82) is 0 Å². The zero-order valence-electron chi connectivity index (χ0n) is 23.0. The normalized spacial score (nSPS) is 11.2. The topological polar surface area (TPSA) is 112 Å². The third-order valence-electron chi connectivity index (χ3n) is 6.37. The second-order valence-electron chi connectivity index (χ2n) is 9.33. The lowest BCUT2D eigenvalue weighted by atomic mass is 10.1. The molecule has 216 valence electrons. The van der Waals surface area contributed by atoms with Gasteiger partial charge in [-0.2, -0.15) is 0 Å². The Balaban J connectivity index is 1.26. The maximum absolute atomic E-state index is 13.4. The van der Waals surface area contributed by atoms with Crippen LogP contribution in [0.2, 0.25) is 5.02 Å². The number of methoxy groups -OCH3 is 1. The van der Waals surface area contributed by atoms with Gasteiger partial charge < -0.3 is 25.7 Å². The number of fused-ring (bicyclic) bond motifs is 1. The fourth-order valence-corrected chi connectivity index (χ4v) is 5.13. The lowest BCUT2D eigenvalue weighted by Crippen LogP contribution is -2.30. The Morgan fingerprint density at radius 3 is 2.42 bits per heavy atom. The largest absolute Gasteiger partial charge is 0.495 e. The van der Waals surface area contributed by atoms with Crippen molar-refractivity contribution in [2.45, 2.75) is 4.90 Å². The molecule has 0 bridgehead atoms. The molecule has 43 heavy (non-hydrogen) atoms. The monoisotopic (exact) mass is 610 g/mol. The Hall–Kier alpha value is -4.99. The Morgan fingerprint density at radius 1 is 0.907 bits per heavy atom. The number of aromatic nitrogens is 1. The van der Waals surface area contributed by atoms with E-state index in [0.29, 0.717) is 27.7 Å². The Kier molecular flexibility index (Phi) is 9.46. The zero-order chi connectivity index (χ0) is 30.2. The van der Waals surface area contributed by atoms with Crippen molar-refractivity contribution in [1.82, 2.24) is 10.3 Å². The molecule has 0 radical (unpaired) electrons. The molecule has 4 N–H and O–H groups in total. The maximum atomic E-state index is 13.4. The van der Waals surface area contributed by atoms with Crippen LogP contribution in [0.25, 0.3) is 17.0 Å². The van der Waals surface area contributed by atoms with Crippen molar-refractivity contribution in [3.8, 4) is 5.75 Å². The smallest absolute Gasteiger partial charge is 0.272 e. The van der Waals surface area contributed by atoms with Crippen LogP contribution in [0, 0.1) is 0 Å². The highest BCUT2D eigenvalue weighted by Gasteiger charge is 2.16. The van der Waals surface area contributed by atoms with Crippen molar-refractivity contribution in [2.75, 3.05) is 23.5 Å². The second-order valence-corrected chi connectivity index (χ2v) is 10.8. The first-order valence-electron chi connectivity index (χ1n) is 13.2. The van der Waals surface area contributed by atoms with Gasteiger partial charge in [0, 0.05) is 43.8 Å². The number of rotatable bonds is 10. The number of anilines is 2. The molecule has 0 fully saturated rings. The van der Waals surface area contributed by atoms with Gasteiger partial charge in [0.15, 0.2) is 0 Å². The first-order chi connectivity index (χ1) is 20.9. The Labute approximate surface area is 257 Å². The number of aromatic amines is 1. The van der Waals surface area contributed by atoms with Gasteiger partial charge in [0.1, 0.15) is 11.4 Å². The van der Waals surface area contributed by atoms with Crippen LogP contribution < -0.4 is 20.7 Å². The molecule has 0 unspecified atom stereocenters. The van der Waals surface area contributed by atoms with Crippen LogP contribution in [0.4, 0.5) is 11.4 Å². The number of nitrogens with one attached hydrogen (secondary N) is 4. The van der Waals surface area contributed by atoms with E-state index in [2.05, 4.69) is 20.9 Å². The van der Waals surface area contributed by atoms with Crippen LogP contribution in [-0.2, 0) is 9.59 Å². The molecular weight excluding hydrogens is 584 g/mol. The summed E-state index contributed by atoms with van der Waals surface area (Å²) < 4.78 is 5.27. The number of hydrogen-bond acceptors (Lipinski definition) is 5. The van der Waals surface area contributed by atoms with E-state index < -0.39 is 11.8 Å². The molecule has 10 heteroatoms. The van der Waals surface area contributed by atoms with E-state index in [1.54, 1.807) is 79.0 Å². The molecule has 0 saturated heterocycles. The number of carbonyl (C=O) groups excluding carboxylic acids is 3. The van der Waals surface area contributed by atoms with E-state index in [1.807, 2.05) is 30.3 Å². The van der Waals surface area contributed by atoms with Crippen molar-refractivity contribution >= 4 is 69.4 Å². The minimum Gasteiger partial charge on any atom is -0.495 e. The van der Waals surface area contributed by atoms with Crippen molar-refractivity contribution in [3.63, 3.8) is 0 Å². The predicted molar refractivity (Wildman–Crippen MR) is 173 cm³/mol. The summed E-state index contributed by atoms with van der Waals surface area (Å²) in [5, 5.41) is 9.83. The van der Waals surface area contributed by atoms with Crippen LogP contribution >= 0.6 is 23.4 Å². The predicted octanol–water partition coefficient (Wildman–Crippen LogP) is 6.97. The standard InChI is InChI=1S/C33H27ClN4O4S/c1-42-30-16-11-23(34)18-28(30)37-31(39)20-43-25-14-12-24(13-15-25)36-33(41)29(38-32(40)21-7-3-2-4-8-21)17-22-19-35-27-10-6-5-9-26(22)27/h2-19,35H,20H2,1H3,(H,36,41)(H,37,39)(H,38,40). The van der Waals surface area contributed by atoms with Crippen LogP contribution in [0.1, 0.15) is 15.9 Å². The van der Waals surface area contributed by atoms with E-state index in [-0.39, 0.29) is 17.4 Å². The fraction of sp³-hybridized carbons (Fsp3) is 0.0606. The lowest BCUT2D eigenvalue weighted by molar-refractivity contribution is -0.114. The van der Waals surface area contributed by atoms with Gasteiger partial charge in [0.2, 0.25) is 5.91 Å². The fourth-order valence-electron chi connectivity index (χ4n) is 4.26. The maximum Gasteiger partial charge on any atom is 0.272 e. The van der Waals surface area contributed by atoms with Gasteiger partial charge in [-0.1, -0.05) is 48.0 Å². The summed E-state index contributed by atoms with van der Waals surface area (Å²) in [6.07, 6.45) is 3.43. The number of H-pyrrole nitrogens is 1. The molecular formula is C33H27ClN4O4S. The van der Waals surface area contributed by atoms with Crippen LogP contribution in [0.5, 0.6) is 5.75 Å². The average Bonchev–Trinajstić information content (AvgIpc) is 3.43. The van der Waals surface area contributed by atoms with Crippen LogP contribution in [0.15, 0.2) is 114 Å². The summed E-state index contributed by atoms with van der Waals surface area (Å²) in [5.74, 6) is -0.429. The highest BCUT2D eigenvalue weighted by Crippen LogP contribution is 2.28. The number of hydrogen-bond donors (Lipinski definition) is 4. The molecule has 0 aliphatic rings. The van der Waals surface area contributed by atoms with E-state index in [9.17, 15) is 14.4 Å². The number of halogens is 1. The van der Waals surface area contributed by atoms with Gasteiger partial charge >= 0.3 is 0 Å². The summed E-state index contributed by atoms with van der Waals surface area (Å²) >= 11 is 7.38. The van der Waals surface area contributed by atoms with E-state index in [0.717, 1.165) is 21.4 Å². The third kappa shape index (κ3) is 7.65. The summed E-state index contributed by atoms with van der Waals surface area (Å²) in [6, 6.07) is 28.5. The molecule has 4 aromatic carbocycles. The molecule has 3 amide bonds. The number of amides is 3. The van der Waals surface area contributed by atoms with Crippen molar-refractivity contribution < 1.29 is 19.1 Å². The van der Waals surface area contributed by atoms with Crippen LogP contribution in [-0.4, -0.2) is 35.6 Å². The molecule has 8 nitrogen and oxygen atoms in total. The second kappa shape index (κ2) is 13.8. The van der Waals surface area contributed by atoms with Gasteiger partial charge in [-0.25, -0.2) is 0 Å². The van der Waals surface area contributed by atoms with E-state index >= 15 is 0 Å². The van der Waals surface area contributed by atoms with Crippen LogP contribution in [0.3, 0.4) is 0 Å². The van der Waals surface area contributed by atoms with E-state index in [1.165, 1.54) is 18.9 Å². The number of para-hydroxylation sites is 1. The quantitative estimate of drug-likeness (QED) is 0.101. The Bertz CT molecular complexity index is 1800. The molecule has 5 rings (SSSR count). The first-order valence-corrected chi connectivity index (χ1v) is 14.6. The molecule has 0 aliphatic carbocycles. The SMILES string of the molecule is COc1ccc(Cl)cc1NC(=O)CSc1ccc(NC(=O)C(=Cc2c[nH]c3ccccc23)NC(=O)c2ccccc2)cc1. The molecule has 0 atom stereocenters. The molecule has 0 saturated carbocycles. The van der Waals surface area contributed by atoms with E-state index in [4.69, 9.17) is 16.3 Å². The Morgan fingerprint density at radius 2 is 1.65 bits per heavy atom. The molecule has 0 aliphatic heterocycles. The van der Waals surface area contributed by atoms with Gasteiger partial charge in [0.25, 0.3) is 11.8 Å². The molecule has 1 aromatic heterocycles. The van der Waals surface area contributed by atoms with Gasteiger partial charge in [0.05, 0.1) is 18.6 Å². The van der Waals surface area contributed by atoms with Gasteiger partial charge in [-0.15, -0.1) is 11.8 Å². The van der Waals surface area contributed by atoms with Crippen molar-refractivity contribution in [3.05, 3.63) is 125 Å². The molecule has 0 spiro atoms. The summed E-state index contributed by atoms with van der Waals surface area (Å²) in [5.41, 5.74) is 3.21. The van der Waals surface area contributed by atoms with Gasteiger partial charge in [-0.05, 0) is 66.7 Å². The molecule has 1 heterocycles. The summed E-state index contributed by atoms with van der Waals surface area (Å²) in [7, 11) is 1.52. The highest BCUT2D eigenvalue weighted by atomic mass is 35.5.